The van der Waals surface area contributed by atoms with Crippen LogP contribution < -0.4 is 11.1 Å². The molecular formula is C16H38N2O3Si. The van der Waals surface area contributed by atoms with Crippen LogP contribution in [0.4, 0.5) is 0 Å². The molecule has 0 aromatic carbocycles. The van der Waals surface area contributed by atoms with E-state index >= 15 is 0 Å². The number of rotatable bonds is 11. The first-order valence-electron chi connectivity index (χ1n) is 8.68. The summed E-state index contributed by atoms with van der Waals surface area (Å²) >= 11 is 0. The third-order valence-corrected chi connectivity index (χ3v) is 5.41. The lowest BCUT2D eigenvalue weighted by Gasteiger charge is -2.40. The standard InChI is InChI=1S/C13H28N2.C3H10O3Si/c1-3-4-5-6-7-8-9-13-12(10-15-13)11(2)14;1-4-7(5-2)6-3/h11-13,15H,3-10,14H2,1-2H3;7H,1-3H3. The summed E-state index contributed by atoms with van der Waals surface area (Å²) < 4.78 is 14.2. The van der Waals surface area contributed by atoms with Crippen LogP contribution in [0.1, 0.15) is 58.8 Å². The molecule has 3 atom stereocenters. The SMILES string of the molecule is CCCCCCCCC1NCC1C(C)N.CO[SiH](OC)OC. The molecule has 1 aliphatic rings. The van der Waals surface area contributed by atoms with E-state index in [2.05, 4.69) is 19.2 Å². The van der Waals surface area contributed by atoms with Gasteiger partial charge in [0.1, 0.15) is 0 Å². The highest BCUT2D eigenvalue weighted by molar-refractivity contribution is 6.36. The van der Waals surface area contributed by atoms with Crippen LogP contribution in [0.15, 0.2) is 0 Å². The smallest absolute Gasteiger partial charge is 0.379 e. The summed E-state index contributed by atoms with van der Waals surface area (Å²) in [5, 5.41) is 3.50. The predicted octanol–water partition coefficient (Wildman–Crippen LogP) is 2.32. The summed E-state index contributed by atoms with van der Waals surface area (Å²) in [6, 6.07) is 1.09. The van der Waals surface area contributed by atoms with Crippen LogP contribution in [0.25, 0.3) is 0 Å². The van der Waals surface area contributed by atoms with Crippen molar-refractivity contribution in [1.29, 1.82) is 0 Å². The minimum atomic E-state index is -1.67. The van der Waals surface area contributed by atoms with E-state index in [9.17, 15) is 0 Å². The van der Waals surface area contributed by atoms with E-state index < -0.39 is 9.53 Å². The van der Waals surface area contributed by atoms with Gasteiger partial charge in [-0.2, -0.15) is 0 Å². The van der Waals surface area contributed by atoms with Gasteiger partial charge in [-0.1, -0.05) is 45.4 Å². The van der Waals surface area contributed by atoms with Crippen LogP contribution in [0.2, 0.25) is 0 Å². The number of nitrogens with one attached hydrogen (secondary N) is 1. The van der Waals surface area contributed by atoms with Gasteiger partial charge in [0.25, 0.3) is 0 Å². The van der Waals surface area contributed by atoms with Crippen molar-refractivity contribution < 1.29 is 13.3 Å². The Labute approximate surface area is 139 Å². The van der Waals surface area contributed by atoms with Crippen LogP contribution in [0.3, 0.4) is 0 Å². The molecule has 0 bridgehead atoms. The molecule has 0 radical (unpaired) electrons. The van der Waals surface area contributed by atoms with Gasteiger partial charge in [-0.3, -0.25) is 0 Å². The molecule has 3 unspecified atom stereocenters. The topological polar surface area (TPSA) is 65.7 Å². The Morgan fingerprint density at radius 3 is 1.95 bits per heavy atom. The molecule has 0 aromatic rings. The Kier molecular flexibility index (Phi) is 14.6. The average molecular weight is 335 g/mol. The fourth-order valence-electron chi connectivity index (χ4n) is 2.72. The lowest BCUT2D eigenvalue weighted by molar-refractivity contribution is 0.163. The van der Waals surface area contributed by atoms with E-state index in [1.165, 1.54) is 44.9 Å². The Balaban J connectivity index is 0.000000534. The van der Waals surface area contributed by atoms with Gasteiger partial charge in [0.05, 0.1) is 0 Å². The maximum atomic E-state index is 5.92. The minimum Gasteiger partial charge on any atom is -0.379 e. The predicted molar refractivity (Wildman–Crippen MR) is 95.1 cm³/mol. The van der Waals surface area contributed by atoms with Crippen LogP contribution in [0, 0.1) is 5.92 Å². The molecule has 0 aromatic heterocycles. The van der Waals surface area contributed by atoms with Crippen LogP contribution in [0.5, 0.6) is 0 Å². The number of unbranched alkanes of at least 4 members (excludes halogenated alkanes) is 5. The zero-order valence-corrected chi connectivity index (χ0v) is 16.4. The molecule has 1 aliphatic heterocycles. The van der Waals surface area contributed by atoms with Gasteiger partial charge < -0.3 is 24.3 Å². The first-order chi connectivity index (χ1) is 10.6. The molecule has 0 spiro atoms. The zero-order chi connectivity index (χ0) is 16.8. The molecule has 134 valence electrons. The summed E-state index contributed by atoms with van der Waals surface area (Å²) in [5.74, 6) is 0.737. The zero-order valence-electron chi connectivity index (χ0n) is 15.3. The van der Waals surface area contributed by atoms with Gasteiger partial charge in [0, 0.05) is 45.9 Å². The number of hydrogen-bond donors (Lipinski definition) is 2. The highest BCUT2D eigenvalue weighted by atomic mass is 28.3. The second kappa shape index (κ2) is 14.6. The van der Waals surface area contributed by atoms with Gasteiger partial charge >= 0.3 is 9.53 Å². The van der Waals surface area contributed by atoms with Crippen molar-refractivity contribution in [1.82, 2.24) is 5.32 Å². The molecule has 1 rings (SSSR count). The Morgan fingerprint density at radius 1 is 1.05 bits per heavy atom. The molecular weight excluding hydrogens is 296 g/mol. The summed E-state index contributed by atoms with van der Waals surface area (Å²) in [6.07, 6.45) is 9.71. The van der Waals surface area contributed by atoms with Crippen LogP contribution in [-0.2, 0) is 13.3 Å². The molecule has 0 amide bonds. The maximum absolute atomic E-state index is 5.92. The van der Waals surface area contributed by atoms with Crippen molar-refractivity contribution in [3.8, 4) is 0 Å². The Bertz CT molecular complexity index is 236. The van der Waals surface area contributed by atoms with E-state index in [-0.39, 0.29) is 0 Å². The molecule has 6 heteroatoms. The van der Waals surface area contributed by atoms with Gasteiger partial charge in [-0.15, -0.1) is 0 Å². The fourth-order valence-corrected chi connectivity index (χ4v) is 3.30. The van der Waals surface area contributed by atoms with Crippen molar-refractivity contribution in [2.75, 3.05) is 27.9 Å². The van der Waals surface area contributed by atoms with Crippen molar-refractivity contribution in [2.45, 2.75) is 70.9 Å². The first-order valence-corrected chi connectivity index (χ1v) is 10.1. The fraction of sp³-hybridized carbons (Fsp3) is 1.00. The second-order valence-electron chi connectivity index (χ2n) is 6.09. The summed E-state index contributed by atoms with van der Waals surface area (Å²) in [6.45, 7) is 5.55. The molecule has 5 nitrogen and oxygen atoms in total. The monoisotopic (exact) mass is 334 g/mol. The molecule has 1 fully saturated rings. The van der Waals surface area contributed by atoms with Gasteiger partial charge in [0.15, 0.2) is 0 Å². The van der Waals surface area contributed by atoms with Crippen molar-refractivity contribution >= 4 is 9.53 Å². The molecule has 1 saturated heterocycles. The quantitative estimate of drug-likeness (QED) is 0.448. The van der Waals surface area contributed by atoms with Crippen LogP contribution >= 0.6 is 0 Å². The van der Waals surface area contributed by atoms with E-state index in [1.807, 2.05) is 0 Å². The van der Waals surface area contributed by atoms with E-state index in [0.29, 0.717) is 6.04 Å². The molecule has 0 aliphatic carbocycles. The third kappa shape index (κ3) is 9.92. The molecule has 3 N–H and O–H groups in total. The van der Waals surface area contributed by atoms with Crippen molar-refractivity contribution in [3.63, 3.8) is 0 Å². The van der Waals surface area contributed by atoms with Gasteiger partial charge in [0.2, 0.25) is 0 Å². The summed E-state index contributed by atoms with van der Waals surface area (Å²) in [5.41, 5.74) is 5.92. The van der Waals surface area contributed by atoms with E-state index in [1.54, 1.807) is 21.3 Å². The number of nitrogens with two attached hydrogens (primary N) is 1. The lowest BCUT2D eigenvalue weighted by Crippen LogP contribution is -2.58. The second-order valence-corrected chi connectivity index (χ2v) is 8.08. The normalized spacial score (nSPS) is 22.0. The number of hydrogen-bond acceptors (Lipinski definition) is 5. The van der Waals surface area contributed by atoms with Gasteiger partial charge in [-0.05, 0) is 13.3 Å². The van der Waals surface area contributed by atoms with Crippen LogP contribution in [-0.4, -0.2) is 49.5 Å². The van der Waals surface area contributed by atoms with E-state index in [0.717, 1.165) is 18.5 Å². The van der Waals surface area contributed by atoms with E-state index in [4.69, 9.17) is 19.0 Å². The first kappa shape index (κ1) is 22.0. The highest BCUT2D eigenvalue weighted by Gasteiger charge is 2.31. The molecule has 22 heavy (non-hydrogen) atoms. The maximum Gasteiger partial charge on any atom is 0.483 e. The molecule has 1 heterocycles. The Hall–Kier alpha value is 0.0169. The van der Waals surface area contributed by atoms with Crippen molar-refractivity contribution in [2.24, 2.45) is 11.7 Å². The average Bonchev–Trinajstić information content (AvgIpc) is 2.47. The Morgan fingerprint density at radius 2 is 1.59 bits per heavy atom. The summed E-state index contributed by atoms with van der Waals surface area (Å²) in [4.78, 5) is 0. The van der Waals surface area contributed by atoms with Gasteiger partial charge in [-0.25, -0.2) is 0 Å². The largest absolute Gasteiger partial charge is 0.483 e. The summed E-state index contributed by atoms with van der Waals surface area (Å²) in [7, 11) is 3.05. The lowest BCUT2D eigenvalue weighted by atomic mass is 9.83. The molecule has 0 saturated carbocycles. The third-order valence-electron chi connectivity index (χ3n) is 4.25. The highest BCUT2D eigenvalue weighted by Crippen LogP contribution is 2.21. The minimum absolute atomic E-state index is 0.372. The van der Waals surface area contributed by atoms with Crippen molar-refractivity contribution in [3.05, 3.63) is 0 Å².